The fourth-order valence-electron chi connectivity index (χ4n) is 3.11. The molecule has 0 bridgehead atoms. The number of alkyl halides is 2. The van der Waals surface area contributed by atoms with Gasteiger partial charge in [-0.15, -0.1) is 8.78 Å². The average Bonchev–Trinajstić information content (AvgIpc) is 3.04. The van der Waals surface area contributed by atoms with Crippen molar-refractivity contribution in [1.29, 1.82) is 0 Å². The van der Waals surface area contributed by atoms with Gasteiger partial charge in [0.15, 0.2) is 22.2 Å². The molecular formula is C17H10BrF3N2O3S. The Bertz CT molecular complexity index is 1000. The van der Waals surface area contributed by atoms with E-state index in [4.69, 9.17) is 12.2 Å². The maximum atomic E-state index is 13.7. The highest BCUT2D eigenvalue weighted by Crippen LogP contribution is 2.45. The number of carbonyl (C=O) groups is 1. The van der Waals surface area contributed by atoms with Gasteiger partial charge in [0.2, 0.25) is 0 Å². The molecule has 4 rings (SSSR count). The van der Waals surface area contributed by atoms with Crippen LogP contribution in [0.25, 0.3) is 0 Å². The monoisotopic (exact) mass is 458 g/mol. The molecule has 2 aromatic carbocycles. The van der Waals surface area contributed by atoms with E-state index in [-0.39, 0.29) is 26.6 Å². The SMILES string of the molecule is CN1C(=O)C(c2ccc(F)c(Br)c2)(c2ccc3c(c2)OC(F)(F)O3)NC1=S. The third-order valence-corrected chi connectivity index (χ3v) is 5.40. The van der Waals surface area contributed by atoms with E-state index in [1.165, 1.54) is 48.3 Å². The summed E-state index contributed by atoms with van der Waals surface area (Å²) < 4.78 is 49.5. The lowest BCUT2D eigenvalue weighted by atomic mass is 9.82. The van der Waals surface area contributed by atoms with Crippen molar-refractivity contribution in [3.05, 3.63) is 57.8 Å². The summed E-state index contributed by atoms with van der Waals surface area (Å²) in [7, 11) is 1.49. The molecule has 0 radical (unpaired) electrons. The highest BCUT2D eigenvalue weighted by Gasteiger charge is 2.52. The van der Waals surface area contributed by atoms with Gasteiger partial charge in [-0.25, -0.2) is 4.39 Å². The van der Waals surface area contributed by atoms with Crippen LogP contribution in [0.5, 0.6) is 11.5 Å². The Kier molecular flexibility index (Phi) is 3.90. The number of nitrogens with one attached hydrogen (secondary N) is 1. The van der Waals surface area contributed by atoms with Crippen LogP contribution in [0.2, 0.25) is 0 Å². The zero-order chi connectivity index (χ0) is 19.6. The summed E-state index contributed by atoms with van der Waals surface area (Å²) in [6.45, 7) is 0. The number of hydrogen-bond acceptors (Lipinski definition) is 4. The maximum absolute atomic E-state index is 13.7. The van der Waals surface area contributed by atoms with E-state index in [0.717, 1.165) is 0 Å². The molecule has 0 saturated carbocycles. The normalized spacial score (nSPS) is 22.9. The van der Waals surface area contributed by atoms with Gasteiger partial charge in [0, 0.05) is 7.05 Å². The molecule has 27 heavy (non-hydrogen) atoms. The van der Waals surface area contributed by atoms with Gasteiger partial charge in [0.05, 0.1) is 4.47 Å². The van der Waals surface area contributed by atoms with Crippen LogP contribution in [0.3, 0.4) is 0 Å². The van der Waals surface area contributed by atoms with Gasteiger partial charge in [-0.05, 0) is 63.5 Å². The standard InChI is InChI=1S/C17H10BrF3N2O3S/c1-23-14(24)16(22-15(23)27,8-2-4-11(19)10(18)6-8)9-3-5-12-13(7-9)26-17(20,21)25-12/h2-7H,1H3,(H,22,27). The summed E-state index contributed by atoms with van der Waals surface area (Å²) in [5, 5.41) is 3.08. The van der Waals surface area contributed by atoms with E-state index in [1.54, 1.807) is 0 Å². The van der Waals surface area contributed by atoms with Crippen molar-refractivity contribution in [1.82, 2.24) is 10.2 Å². The number of halogens is 4. The van der Waals surface area contributed by atoms with Crippen molar-refractivity contribution in [2.24, 2.45) is 0 Å². The Morgan fingerprint density at radius 1 is 1.11 bits per heavy atom. The zero-order valence-electron chi connectivity index (χ0n) is 13.6. The predicted molar refractivity (Wildman–Crippen MR) is 96.0 cm³/mol. The Hall–Kier alpha value is -2.33. The lowest BCUT2D eigenvalue weighted by Crippen LogP contribution is -2.45. The van der Waals surface area contributed by atoms with Crippen LogP contribution in [-0.4, -0.2) is 29.3 Å². The fraction of sp³-hybridized carbons (Fsp3) is 0.176. The maximum Gasteiger partial charge on any atom is 0.586 e. The molecule has 2 heterocycles. The van der Waals surface area contributed by atoms with E-state index in [2.05, 4.69) is 30.7 Å². The van der Waals surface area contributed by atoms with Gasteiger partial charge in [-0.1, -0.05) is 12.1 Å². The van der Waals surface area contributed by atoms with Crippen LogP contribution >= 0.6 is 28.1 Å². The molecular weight excluding hydrogens is 449 g/mol. The summed E-state index contributed by atoms with van der Waals surface area (Å²) in [4.78, 5) is 14.3. The van der Waals surface area contributed by atoms with Crippen molar-refractivity contribution < 1.29 is 27.4 Å². The lowest BCUT2D eigenvalue weighted by Gasteiger charge is -2.28. The number of rotatable bonds is 2. The molecule has 10 heteroatoms. The van der Waals surface area contributed by atoms with Crippen LogP contribution < -0.4 is 14.8 Å². The third-order valence-electron chi connectivity index (χ3n) is 4.41. The predicted octanol–water partition coefficient (Wildman–Crippen LogP) is 3.50. The Morgan fingerprint density at radius 2 is 1.74 bits per heavy atom. The topological polar surface area (TPSA) is 50.8 Å². The Balaban J connectivity index is 1.92. The minimum Gasteiger partial charge on any atom is -0.395 e. The molecule has 1 fully saturated rings. The van der Waals surface area contributed by atoms with Gasteiger partial charge in [0.1, 0.15) is 5.82 Å². The number of fused-ring (bicyclic) bond motifs is 1. The molecule has 5 nitrogen and oxygen atoms in total. The van der Waals surface area contributed by atoms with E-state index < -0.39 is 23.6 Å². The molecule has 1 atom stereocenters. The second-order valence-corrected chi connectivity index (χ2v) is 7.24. The minimum absolute atomic E-state index is 0.140. The van der Waals surface area contributed by atoms with Crippen LogP contribution in [0.1, 0.15) is 11.1 Å². The number of likely N-dealkylation sites (N-methyl/N-ethyl adjacent to an activating group) is 1. The largest absolute Gasteiger partial charge is 0.586 e. The Morgan fingerprint density at radius 3 is 2.37 bits per heavy atom. The number of carbonyl (C=O) groups excluding carboxylic acids is 1. The summed E-state index contributed by atoms with van der Waals surface area (Å²) in [5.41, 5.74) is -0.867. The van der Waals surface area contributed by atoms with E-state index in [0.29, 0.717) is 5.56 Å². The molecule has 1 saturated heterocycles. The fourth-order valence-corrected chi connectivity index (χ4v) is 3.73. The van der Waals surface area contributed by atoms with Crippen LogP contribution in [0, 0.1) is 5.82 Å². The van der Waals surface area contributed by atoms with Crippen LogP contribution in [0.15, 0.2) is 40.9 Å². The number of nitrogens with zero attached hydrogens (tertiary/aromatic N) is 1. The first kappa shape index (κ1) is 18.1. The lowest BCUT2D eigenvalue weighted by molar-refractivity contribution is -0.286. The first-order valence-electron chi connectivity index (χ1n) is 7.60. The van der Waals surface area contributed by atoms with Crippen molar-refractivity contribution in [2.45, 2.75) is 11.8 Å². The molecule has 1 amide bonds. The second-order valence-electron chi connectivity index (χ2n) is 6.00. The Labute approximate surface area is 165 Å². The molecule has 1 N–H and O–H groups in total. The van der Waals surface area contributed by atoms with Gasteiger partial charge in [-0.2, -0.15) is 0 Å². The van der Waals surface area contributed by atoms with Gasteiger partial charge in [0.25, 0.3) is 5.91 Å². The first-order valence-corrected chi connectivity index (χ1v) is 8.80. The summed E-state index contributed by atoms with van der Waals surface area (Å²) in [6, 6.07) is 8.06. The number of ether oxygens (including phenoxy) is 2. The van der Waals surface area contributed by atoms with Crippen molar-refractivity contribution in [3.8, 4) is 11.5 Å². The summed E-state index contributed by atoms with van der Waals surface area (Å²) >= 11 is 8.29. The molecule has 0 spiro atoms. The second kappa shape index (κ2) is 5.83. The summed E-state index contributed by atoms with van der Waals surface area (Å²) in [5.74, 6) is -1.33. The van der Waals surface area contributed by atoms with Crippen LogP contribution in [-0.2, 0) is 10.3 Å². The van der Waals surface area contributed by atoms with Crippen LogP contribution in [0.4, 0.5) is 13.2 Å². The molecule has 2 aliphatic rings. The van der Waals surface area contributed by atoms with E-state index >= 15 is 0 Å². The molecule has 0 aromatic heterocycles. The van der Waals surface area contributed by atoms with Crippen molar-refractivity contribution >= 4 is 39.2 Å². The highest BCUT2D eigenvalue weighted by molar-refractivity contribution is 9.10. The van der Waals surface area contributed by atoms with E-state index in [1.807, 2.05) is 0 Å². The minimum atomic E-state index is -3.79. The number of hydrogen-bond donors (Lipinski definition) is 1. The number of amides is 1. The quantitative estimate of drug-likeness (QED) is 0.698. The summed E-state index contributed by atoms with van der Waals surface area (Å²) in [6.07, 6.45) is -3.79. The van der Waals surface area contributed by atoms with Gasteiger partial charge in [-0.3, -0.25) is 9.69 Å². The zero-order valence-corrected chi connectivity index (χ0v) is 16.0. The van der Waals surface area contributed by atoms with E-state index in [9.17, 15) is 18.0 Å². The van der Waals surface area contributed by atoms with Crippen molar-refractivity contribution in [2.75, 3.05) is 7.05 Å². The molecule has 0 aliphatic carbocycles. The third kappa shape index (κ3) is 2.66. The van der Waals surface area contributed by atoms with Crippen molar-refractivity contribution in [3.63, 3.8) is 0 Å². The average molecular weight is 459 g/mol. The number of benzene rings is 2. The van der Waals surface area contributed by atoms with Gasteiger partial charge < -0.3 is 14.8 Å². The molecule has 2 aliphatic heterocycles. The number of thiocarbonyl (C=S) groups is 1. The first-order chi connectivity index (χ1) is 12.6. The highest BCUT2D eigenvalue weighted by atomic mass is 79.9. The smallest absolute Gasteiger partial charge is 0.395 e. The molecule has 2 aromatic rings. The van der Waals surface area contributed by atoms with Gasteiger partial charge >= 0.3 is 6.29 Å². The molecule has 140 valence electrons. The molecule has 1 unspecified atom stereocenters.